The van der Waals surface area contributed by atoms with Gasteiger partial charge in [0.25, 0.3) is 0 Å². The highest BCUT2D eigenvalue weighted by molar-refractivity contribution is 4.95. The summed E-state index contributed by atoms with van der Waals surface area (Å²) in [6, 6.07) is 0. The molecular formula is C24H44O20. The molecule has 0 radical (unpaired) electrons. The first kappa shape index (κ1) is 37.7. The maximum atomic E-state index is 10.8. The van der Waals surface area contributed by atoms with E-state index in [0.717, 1.165) is 6.92 Å². The number of aliphatic hydroxyl groups excluding tert-OH is 14. The quantitative estimate of drug-likeness (QED) is 0.0878. The summed E-state index contributed by atoms with van der Waals surface area (Å²) in [4.78, 5) is 0. The third-order valence-electron chi connectivity index (χ3n) is 7.74. The van der Waals surface area contributed by atoms with Crippen molar-refractivity contribution >= 4 is 0 Å². The molecule has 0 aromatic carbocycles. The van der Waals surface area contributed by atoms with Crippen LogP contribution in [-0.4, -0.2) is 214 Å². The Balaban J connectivity index is 1.69. The Bertz CT molecular complexity index is 851. The Morgan fingerprint density at radius 3 is 1.64 bits per heavy atom. The number of hydrogen-bond donors (Lipinski definition) is 14. The second kappa shape index (κ2) is 16.3. The predicted molar refractivity (Wildman–Crippen MR) is 135 cm³/mol. The monoisotopic (exact) mass is 652 g/mol. The summed E-state index contributed by atoms with van der Waals surface area (Å²) in [6.45, 7) is -2.06. The lowest BCUT2D eigenvalue weighted by Gasteiger charge is -2.47. The molecule has 0 bridgehead atoms. The third kappa shape index (κ3) is 8.18. The SMILES string of the molecule is C[C@H](O)[C@H](O[C@@H]1O[C@H](CO)[C@H](O[C@@H]2O[C@H](CO[C@@H]3O[C@H](CO)[C@H](O)[C@H](O)[C@H]3O)[C@H](O)[C@H](O)[C@H]2O)[C@H](O)[C@H]1O)[C@@H](O)[C@@H](O)CO. The minimum absolute atomic E-state index is 0.679. The fourth-order valence-corrected chi connectivity index (χ4v) is 5.01. The van der Waals surface area contributed by atoms with Gasteiger partial charge in [-0.05, 0) is 6.92 Å². The van der Waals surface area contributed by atoms with E-state index in [9.17, 15) is 66.4 Å². The van der Waals surface area contributed by atoms with Gasteiger partial charge in [0.15, 0.2) is 18.9 Å². The summed E-state index contributed by atoms with van der Waals surface area (Å²) in [5, 5.41) is 141. The molecule has 0 aromatic heterocycles. The van der Waals surface area contributed by atoms with E-state index in [1.165, 1.54) is 0 Å². The zero-order chi connectivity index (χ0) is 33.0. The van der Waals surface area contributed by atoms with Crippen LogP contribution in [-0.2, 0) is 28.4 Å². The molecule has 0 aromatic rings. The Morgan fingerprint density at radius 2 is 1.09 bits per heavy atom. The molecule has 19 atom stereocenters. The lowest BCUT2D eigenvalue weighted by molar-refractivity contribution is -0.371. The van der Waals surface area contributed by atoms with Crippen LogP contribution in [0.25, 0.3) is 0 Å². The van der Waals surface area contributed by atoms with Crippen LogP contribution < -0.4 is 0 Å². The van der Waals surface area contributed by atoms with E-state index in [-0.39, 0.29) is 0 Å². The smallest absolute Gasteiger partial charge is 0.187 e. The molecule has 3 aliphatic rings. The van der Waals surface area contributed by atoms with Gasteiger partial charge in [-0.1, -0.05) is 0 Å². The number of hydrogen-bond acceptors (Lipinski definition) is 20. The minimum atomic E-state index is -2.00. The fourth-order valence-electron chi connectivity index (χ4n) is 5.01. The van der Waals surface area contributed by atoms with Crippen LogP contribution >= 0.6 is 0 Å². The van der Waals surface area contributed by atoms with Crippen molar-refractivity contribution in [2.75, 3.05) is 26.4 Å². The largest absolute Gasteiger partial charge is 0.394 e. The fraction of sp³-hybridized carbons (Fsp3) is 1.00. The molecule has 0 saturated carbocycles. The van der Waals surface area contributed by atoms with E-state index in [0.29, 0.717) is 0 Å². The van der Waals surface area contributed by atoms with E-state index in [2.05, 4.69) is 0 Å². The van der Waals surface area contributed by atoms with Crippen LogP contribution in [0.3, 0.4) is 0 Å². The van der Waals surface area contributed by atoms with Crippen molar-refractivity contribution in [2.24, 2.45) is 0 Å². The van der Waals surface area contributed by atoms with Crippen molar-refractivity contribution < 1.29 is 99.9 Å². The van der Waals surface area contributed by atoms with Crippen LogP contribution in [0.1, 0.15) is 6.92 Å². The normalized spacial score (nSPS) is 46.3. The summed E-state index contributed by atoms with van der Waals surface area (Å²) >= 11 is 0. The van der Waals surface area contributed by atoms with Gasteiger partial charge in [-0.15, -0.1) is 0 Å². The average Bonchev–Trinajstić information content (AvgIpc) is 3.00. The highest BCUT2D eigenvalue weighted by Gasteiger charge is 2.52. The molecule has 0 unspecified atom stereocenters. The van der Waals surface area contributed by atoms with Crippen LogP contribution in [0.15, 0.2) is 0 Å². The van der Waals surface area contributed by atoms with E-state index in [1.807, 2.05) is 0 Å². The van der Waals surface area contributed by atoms with Gasteiger partial charge in [-0.2, -0.15) is 0 Å². The van der Waals surface area contributed by atoms with Crippen molar-refractivity contribution in [3.05, 3.63) is 0 Å². The number of rotatable bonds is 13. The Kier molecular flexibility index (Phi) is 14.0. The van der Waals surface area contributed by atoms with Crippen LogP contribution in [0.4, 0.5) is 0 Å². The van der Waals surface area contributed by atoms with Gasteiger partial charge in [-0.25, -0.2) is 0 Å². The van der Waals surface area contributed by atoms with Crippen molar-refractivity contribution in [1.82, 2.24) is 0 Å². The molecule has 20 nitrogen and oxygen atoms in total. The molecule has 260 valence electrons. The van der Waals surface area contributed by atoms with Gasteiger partial charge in [-0.3, -0.25) is 0 Å². The average molecular weight is 653 g/mol. The highest BCUT2D eigenvalue weighted by atomic mass is 16.8. The second-order valence-corrected chi connectivity index (χ2v) is 10.9. The maximum Gasteiger partial charge on any atom is 0.187 e. The lowest BCUT2D eigenvalue weighted by atomic mass is 9.96. The standard InChI is InChI=1S/C24H44O20/c1-6(28)20(11(30)7(29)2-25)43-24-19(38)16(35)21(9(4-27)41-24)44-23-18(37)15(34)13(32)10(42-23)5-39-22-17(36)14(33)12(31)8(3-26)40-22/h6-38H,2-5H2,1H3/t6-,7-,8+,9+,10+,11-,12-,13-,14-,15-,16+,17+,18+,19+,20-,21-,22+,23-,24-/m0/s1. The van der Waals surface area contributed by atoms with Gasteiger partial charge in [0.2, 0.25) is 0 Å². The lowest BCUT2D eigenvalue weighted by Crippen LogP contribution is -2.65. The molecule has 3 saturated heterocycles. The predicted octanol–water partition coefficient (Wildman–Crippen LogP) is -9.09. The van der Waals surface area contributed by atoms with Gasteiger partial charge in [0, 0.05) is 0 Å². The highest BCUT2D eigenvalue weighted by Crippen LogP contribution is 2.31. The topological polar surface area (TPSA) is 339 Å². The first-order chi connectivity index (χ1) is 20.7. The second-order valence-electron chi connectivity index (χ2n) is 10.9. The zero-order valence-corrected chi connectivity index (χ0v) is 23.5. The van der Waals surface area contributed by atoms with E-state index in [1.54, 1.807) is 0 Å². The molecular weight excluding hydrogens is 608 g/mol. The molecule has 3 rings (SSSR count). The molecule has 3 aliphatic heterocycles. The molecule has 20 heteroatoms. The van der Waals surface area contributed by atoms with Crippen molar-refractivity contribution in [1.29, 1.82) is 0 Å². The summed E-state index contributed by atoms with van der Waals surface area (Å²) in [7, 11) is 0. The van der Waals surface area contributed by atoms with Crippen LogP contribution in [0.2, 0.25) is 0 Å². The molecule has 0 amide bonds. The Labute approximate surface area is 250 Å². The molecule has 0 aliphatic carbocycles. The van der Waals surface area contributed by atoms with Crippen molar-refractivity contribution in [3.63, 3.8) is 0 Å². The number of ether oxygens (including phenoxy) is 6. The molecule has 3 fully saturated rings. The van der Waals surface area contributed by atoms with Crippen LogP contribution in [0.5, 0.6) is 0 Å². The Morgan fingerprint density at radius 1 is 0.591 bits per heavy atom. The third-order valence-corrected chi connectivity index (χ3v) is 7.74. The Hall–Kier alpha value is -0.800. The molecule has 44 heavy (non-hydrogen) atoms. The first-order valence-electron chi connectivity index (χ1n) is 13.9. The summed E-state index contributed by atoms with van der Waals surface area (Å²) in [5.74, 6) is 0. The van der Waals surface area contributed by atoms with Gasteiger partial charge < -0.3 is 99.9 Å². The zero-order valence-electron chi connectivity index (χ0n) is 23.5. The van der Waals surface area contributed by atoms with E-state index >= 15 is 0 Å². The van der Waals surface area contributed by atoms with Gasteiger partial charge in [0.05, 0.1) is 32.5 Å². The molecule has 0 spiro atoms. The number of aliphatic hydroxyl groups is 14. The van der Waals surface area contributed by atoms with Crippen molar-refractivity contribution in [3.8, 4) is 0 Å². The van der Waals surface area contributed by atoms with E-state index in [4.69, 9.17) is 33.5 Å². The minimum Gasteiger partial charge on any atom is -0.394 e. The molecule has 3 heterocycles. The van der Waals surface area contributed by atoms with Crippen LogP contribution in [0, 0.1) is 0 Å². The summed E-state index contributed by atoms with van der Waals surface area (Å²) < 4.78 is 32.4. The van der Waals surface area contributed by atoms with Crippen molar-refractivity contribution in [2.45, 2.75) is 123 Å². The van der Waals surface area contributed by atoms with Gasteiger partial charge >= 0.3 is 0 Å². The summed E-state index contributed by atoms with van der Waals surface area (Å²) in [6.07, 6.45) is -33.1. The maximum absolute atomic E-state index is 10.8. The molecule has 14 N–H and O–H groups in total. The summed E-state index contributed by atoms with van der Waals surface area (Å²) in [5.41, 5.74) is 0. The van der Waals surface area contributed by atoms with E-state index < -0.39 is 143 Å². The van der Waals surface area contributed by atoms with Gasteiger partial charge in [0.1, 0.15) is 91.6 Å². The first-order valence-corrected chi connectivity index (χ1v) is 13.9.